The minimum atomic E-state index is -4.42. The second-order valence-corrected chi connectivity index (χ2v) is 5.09. The molecular weight excluding hydrogens is 281 g/mol. The monoisotopic (exact) mass is 294 g/mol. The molecule has 1 atom stereocenters. The van der Waals surface area contributed by atoms with E-state index < -0.39 is 11.7 Å². The van der Waals surface area contributed by atoms with Crippen molar-refractivity contribution in [2.75, 3.05) is 0 Å². The molecule has 2 aromatic rings. The van der Waals surface area contributed by atoms with E-state index in [2.05, 4.69) is 10.1 Å². The van der Waals surface area contributed by atoms with Crippen LogP contribution in [0.2, 0.25) is 0 Å². The highest BCUT2D eigenvalue weighted by Gasteiger charge is 2.37. The summed E-state index contributed by atoms with van der Waals surface area (Å²) in [6, 6.07) is 2.36. The summed E-state index contributed by atoms with van der Waals surface area (Å²) in [7, 11) is 0. The molecular formula is C15H13F3N2O. The van der Waals surface area contributed by atoms with Gasteiger partial charge in [-0.15, -0.1) is 0 Å². The molecule has 3 rings (SSSR count). The Morgan fingerprint density at radius 2 is 2.10 bits per heavy atom. The van der Waals surface area contributed by atoms with Crippen LogP contribution in [0, 0.1) is 6.92 Å². The van der Waals surface area contributed by atoms with Gasteiger partial charge < -0.3 is 4.52 Å². The zero-order valence-electron chi connectivity index (χ0n) is 11.5. The molecule has 0 aliphatic heterocycles. The lowest BCUT2D eigenvalue weighted by Crippen LogP contribution is -2.14. The summed E-state index contributed by atoms with van der Waals surface area (Å²) in [6.45, 7) is 3.65. The van der Waals surface area contributed by atoms with Crippen LogP contribution in [0.5, 0.6) is 0 Å². The summed E-state index contributed by atoms with van der Waals surface area (Å²) in [5.74, 6) is 0.490. The van der Waals surface area contributed by atoms with Gasteiger partial charge in [0.1, 0.15) is 5.76 Å². The molecule has 0 saturated heterocycles. The van der Waals surface area contributed by atoms with Crippen LogP contribution in [0.3, 0.4) is 0 Å². The quantitative estimate of drug-likeness (QED) is 0.793. The third-order valence-corrected chi connectivity index (χ3v) is 3.78. The first-order valence-corrected chi connectivity index (χ1v) is 6.57. The van der Waals surface area contributed by atoms with E-state index in [1.54, 1.807) is 13.0 Å². The highest BCUT2D eigenvalue weighted by Crippen LogP contribution is 2.42. The number of hydrogen-bond acceptors (Lipinski definition) is 3. The van der Waals surface area contributed by atoms with Crippen LogP contribution < -0.4 is 0 Å². The van der Waals surface area contributed by atoms with Crippen molar-refractivity contribution in [1.29, 1.82) is 0 Å². The topological polar surface area (TPSA) is 38.9 Å². The minimum absolute atomic E-state index is 0.0104. The van der Waals surface area contributed by atoms with Gasteiger partial charge in [-0.1, -0.05) is 18.2 Å². The molecule has 3 nitrogen and oxygen atoms in total. The van der Waals surface area contributed by atoms with Crippen LogP contribution in [-0.4, -0.2) is 10.1 Å². The van der Waals surface area contributed by atoms with E-state index in [-0.39, 0.29) is 11.6 Å². The molecule has 0 fully saturated rings. The lowest BCUT2D eigenvalue weighted by atomic mass is 9.83. The number of rotatable bonds is 1. The molecule has 2 aromatic heterocycles. The maximum absolute atomic E-state index is 13.1. The van der Waals surface area contributed by atoms with Gasteiger partial charge in [0.2, 0.25) is 0 Å². The molecule has 0 amide bonds. The van der Waals surface area contributed by atoms with Crippen LogP contribution >= 0.6 is 0 Å². The van der Waals surface area contributed by atoms with Gasteiger partial charge in [-0.05, 0) is 24.6 Å². The standard InChI is InChI=1S/C15H13F3N2O/c1-8-10(5-6-12-13(8)9(2)20-21-12)14-11(15(16,17)18)4-3-7-19-14/h3-5,7-8H,6H2,1-2H3. The Kier molecular flexibility index (Phi) is 3.11. The number of halogens is 3. The van der Waals surface area contributed by atoms with E-state index in [0.717, 1.165) is 11.6 Å². The molecule has 6 heteroatoms. The molecule has 0 saturated carbocycles. The van der Waals surface area contributed by atoms with Crippen molar-refractivity contribution in [2.24, 2.45) is 0 Å². The van der Waals surface area contributed by atoms with Gasteiger partial charge in [0.25, 0.3) is 0 Å². The third-order valence-electron chi connectivity index (χ3n) is 3.78. The van der Waals surface area contributed by atoms with Gasteiger partial charge in [-0.25, -0.2) is 0 Å². The van der Waals surface area contributed by atoms with E-state index in [1.807, 2.05) is 6.92 Å². The Bertz CT molecular complexity index is 716. The van der Waals surface area contributed by atoms with E-state index >= 15 is 0 Å². The van der Waals surface area contributed by atoms with Crippen LogP contribution in [0.4, 0.5) is 13.2 Å². The third kappa shape index (κ3) is 2.24. The van der Waals surface area contributed by atoms with Gasteiger partial charge in [0.15, 0.2) is 0 Å². The normalized spacial score (nSPS) is 18.3. The molecule has 110 valence electrons. The first kappa shape index (κ1) is 13.9. The van der Waals surface area contributed by atoms with E-state index in [1.165, 1.54) is 12.3 Å². The number of nitrogens with zero attached hydrogens (tertiary/aromatic N) is 2. The van der Waals surface area contributed by atoms with Gasteiger partial charge in [-0.2, -0.15) is 13.2 Å². The van der Waals surface area contributed by atoms with Crippen LogP contribution in [0.1, 0.15) is 41.1 Å². The Hall–Kier alpha value is -2.11. The molecule has 1 unspecified atom stereocenters. The molecule has 21 heavy (non-hydrogen) atoms. The zero-order valence-corrected chi connectivity index (χ0v) is 11.5. The smallest absolute Gasteiger partial charge is 0.361 e. The van der Waals surface area contributed by atoms with Crippen LogP contribution in [0.25, 0.3) is 5.57 Å². The largest absolute Gasteiger partial charge is 0.418 e. The molecule has 1 aliphatic carbocycles. The van der Waals surface area contributed by atoms with Crippen LogP contribution in [0.15, 0.2) is 28.9 Å². The van der Waals surface area contributed by atoms with Crippen molar-refractivity contribution in [3.05, 3.63) is 52.7 Å². The summed E-state index contributed by atoms with van der Waals surface area (Å²) in [4.78, 5) is 3.97. The van der Waals surface area contributed by atoms with E-state index in [0.29, 0.717) is 23.4 Å². The van der Waals surface area contributed by atoms with Crippen molar-refractivity contribution >= 4 is 5.57 Å². The van der Waals surface area contributed by atoms with Crippen molar-refractivity contribution in [2.45, 2.75) is 32.4 Å². The van der Waals surface area contributed by atoms with Gasteiger partial charge in [0, 0.05) is 24.1 Å². The number of alkyl halides is 3. The lowest BCUT2D eigenvalue weighted by Gasteiger charge is -2.22. The van der Waals surface area contributed by atoms with Crippen molar-refractivity contribution in [3.8, 4) is 0 Å². The zero-order chi connectivity index (χ0) is 15.2. The Morgan fingerprint density at radius 3 is 2.81 bits per heavy atom. The predicted octanol–water partition coefficient (Wildman–Crippen LogP) is 4.14. The molecule has 2 heterocycles. The first-order valence-electron chi connectivity index (χ1n) is 6.57. The van der Waals surface area contributed by atoms with Crippen LogP contribution in [-0.2, 0) is 12.6 Å². The SMILES string of the molecule is Cc1noc2c1C(C)C(c1ncccc1C(F)(F)F)=CC2. The van der Waals surface area contributed by atoms with E-state index in [9.17, 15) is 13.2 Å². The fraction of sp³-hybridized carbons (Fsp3) is 0.333. The highest BCUT2D eigenvalue weighted by molar-refractivity contribution is 5.73. The van der Waals surface area contributed by atoms with Gasteiger partial charge >= 0.3 is 6.18 Å². The maximum Gasteiger partial charge on any atom is 0.418 e. The molecule has 0 spiro atoms. The summed E-state index contributed by atoms with van der Waals surface area (Å²) < 4.78 is 44.6. The number of fused-ring (bicyclic) bond motifs is 1. The average molecular weight is 294 g/mol. The number of hydrogen-bond donors (Lipinski definition) is 0. The number of pyridine rings is 1. The fourth-order valence-corrected chi connectivity index (χ4v) is 2.83. The first-order chi connectivity index (χ1) is 9.89. The number of aryl methyl sites for hydroxylation is 1. The molecule has 0 N–H and O–H groups in total. The lowest BCUT2D eigenvalue weighted by molar-refractivity contribution is -0.138. The highest BCUT2D eigenvalue weighted by atomic mass is 19.4. The van der Waals surface area contributed by atoms with Gasteiger partial charge in [0.05, 0.1) is 17.0 Å². The fourth-order valence-electron chi connectivity index (χ4n) is 2.83. The molecule has 1 aliphatic rings. The van der Waals surface area contributed by atoms with Crippen molar-refractivity contribution in [3.63, 3.8) is 0 Å². The second-order valence-electron chi connectivity index (χ2n) is 5.09. The molecule has 0 aromatic carbocycles. The Balaban J connectivity index is 2.11. The predicted molar refractivity (Wildman–Crippen MR) is 70.6 cm³/mol. The molecule has 0 radical (unpaired) electrons. The summed E-state index contributed by atoms with van der Waals surface area (Å²) in [5.41, 5.74) is 1.44. The summed E-state index contributed by atoms with van der Waals surface area (Å²) >= 11 is 0. The summed E-state index contributed by atoms with van der Waals surface area (Å²) in [6.07, 6.45) is -0.860. The summed E-state index contributed by atoms with van der Waals surface area (Å²) in [5, 5.41) is 3.90. The molecule has 0 bridgehead atoms. The van der Waals surface area contributed by atoms with Crippen molar-refractivity contribution in [1.82, 2.24) is 10.1 Å². The van der Waals surface area contributed by atoms with E-state index in [4.69, 9.17) is 4.52 Å². The second kappa shape index (κ2) is 4.72. The van der Waals surface area contributed by atoms with Gasteiger partial charge in [-0.3, -0.25) is 4.98 Å². The maximum atomic E-state index is 13.1. The minimum Gasteiger partial charge on any atom is -0.361 e. The number of allylic oxidation sites excluding steroid dienone is 2. The Morgan fingerprint density at radius 1 is 1.33 bits per heavy atom. The van der Waals surface area contributed by atoms with Crippen molar-refractivity contribution < 1.29 is 17.7 Å². The Labute approximate surface area is 119 Å². The number of aromatic nitrogens is 2. The average Bonchev–Trinajstić information content (AvgIpc) is 2.81.